The summed E-state index contributed by atoms with van der Waals surface area (Å²) in [5.41, 5.74) is 0.309. The number of benzene rings is 2. The van der Waals surface area contributed by atoms with Crippen molar-refractivity contribution in [2.75, 3.05) is 24.9 Å². The van der Waals surface area contributed by atoms with Gasteiger partial charge in [0, 0.05) is 11.8 Å². The van der Waals surface area contributed by atoms with Crippen molar-refractivity contribution in [3.05, 3.63) is 54.2 Å². The van der Waals surface area contributed by atoms with E-state index in [1.807, 2.05) is 0 Å². The van der Waals surface area contributed by atoms with E-state index in [1.165, 1.54) is 19.4 Å². The van der Waals surface area contributed by atoms with E-state index in [-0.39, 0.29) is 11.6 Å². The molecule has 0 amide bonds. The van der Waals surface area contributed by atoms with Crippen LogP contribution in [-0.4, -0.2) is 29.4 Å². The maximum Gasteiger partial charge on any atom is 0.249 e. The van der Waals surface area contributed by atoms with Crippen molar-refractivity contribution in [2.24, 2.45) is 0 Å². The average molecular weight is 359 g/mol. The van der Waals surface area contributed by atoms with Crippen LogP contribution in [0.4, 0.5) is 31.9 Å². The fourth-order valence-corrected chi connectivity index (χ4v) is 2.21. The molecule has 0 aliphatic heterocycles. The van der Waals surface area contributed by atoms with Crippen LogP contribution in [0.2, 0.25) is 0 Å². The Balaban J connectivity index is 1.82. The minimum Gasteiger partial charge on any atom is -0.493 e. The van der Waals surface area contributed by atoms with Crippen LogP contribution in [0.5, 0.6) is 11.5 Å². The molecule has 134 valence electrons. The van der Waals surface area contributed by atoms with Crippen LogP contribution >= 0.6 is 0 Å². The second-order valence-corrected chi connectivity index (χ2v) is 5.08. The number of rotatable bonds is 6. The molecular formula is C17H15F2N5O2. The van der Waals surface area contributed by atoms with Crippen LogP contribution in [0.3, 0.4) is 0 Å². The van der Waals surface area contributed by atoms with Crippen molar-refractivity contribution in [3.8, 4) is 11.5 Å². The van der Waals surface area contributed by atoms with Gasteiger partial charge >= 0.3 is 0 Å². The van der Waals surface area contributed by atoms with E-state index in [1.54, 1.807) is 25.3 Å². The summed E-state index contributed by atoms with van der Waals surface area (Å²) >= 11 is 0. The van der Waals surface area contributed by atoms with Crippen molar-refractivity contribution in [1.82, 2.24) is 15.2 Å². The van der Waals surface area contributed by atoms with E-state index in [2.05, 4.69) is 25.8 Å². The van der Waals surface area contributed by atoms with Gasteiger partial charge in [0.1, 0.15) is 17.3 Å². The molecule has 0 unspecified atom stereocenters. The van der Waals surface area contributed by atoms with E-state index in [4.69, 9.17) is 9.47 Å². The van der Waals surface area contributed by atoms with Gasteiger partial charge in [-0.3, -0.25) is 0 Å². The number of para-hydroxylation sites is 1. The normalized spacial score (nSPS) is 10.3. The molecule has 0 aliphatic carbocycles. The lowest BCUT2D eigenvalue weighted by Gasteiger charge is -2.11. The third kappa shape index (κ3) is 3.77. The number of aromatic nitrogens is 3. The highest BCUT2D eigenvalue weighted by atomic mass is 19.1. The van der Waals surface area contributed by atoms with Crippen LogP contribution in [0.1, 0.15) is 0 Å². The molecule has 2 N–H and O–H groups in total. The summed E-state index contributed by atoms with van der Waals surface area (Å²) < 4.78 is 37.8. The quantitative estimate of drug-likeness (QED) is 0.695. The first-order chi connectivity index (χ1) is 12.6. The topological polar surface area (TPSA) is 81.2 Å². The molecular weight excluding hydrogens is 344 g/mol. The number of methoxy groups -OCH3 is 2. The Morgan fingerprint density at radius 1 is 0.923 bits per heavy atom. The SMILES string of the molecule is COc1ccc(Nc2cnnc(Nc3c(F)cccc3F)n2)cc1OC. The standard InChI is InChI=1S/C17H15F2N5O2/c1-25-13-7-6-10(8-14(13)26-2)21-15-9-20-24-17(22-15)23-16-11(18)4-3-5-12(16)19/h3-9H,1-2H3,(H2,21,22,23,24). The molecule has 1 aromatic heterocycles. The van der Waals surface area contributed by atoms with Gasteiger partial charge in [-0.15, -0.1) is 5.10 Å². The monoisotopic (exact) mass is 359 g/mol. The Morgan fingerprint density at radius 3 is 2.35 bits per heavy atom. The van der Waals surface area contributed by atoms with Gasteiger partial charge in [-0.25, -0.2) is 8.78 Å². The Kier molecular flexibility index (Phi) is 5.07. The van der Waals surface area contributed by atoms with Crippen LogP contribution < -0.4 is 20.1 Å². The van der Waals surface area contributed by atoms with Crippen molar-refractivity contribution >= 4 is 23.1 Å². The highest BCUT2D eigenvalue weighted by molar-refractivity contribution is 5.62. The van der Waals surface area contributed by atoms with Gasteiger partial charge in [-0.05, 0) is 24.3 Å². The molecule has 0 aliphatic rings. The zero-order valence-corrected chi connectivity index (χ0v) is 14.0. The van der Waals surface area contributed by atoms with E-state index < -0.39 is 11.6 Å². The maximum atomic E-state index is 13.7. The summed E-state index contributed by atoms with van der Waals surface area (Å²) in [4.78, 5) is 4.14. The molecule has 3 rings (SSSR count). The van der Waals surface area contributed by atoms with Crippen LogP contribution in [-0.2, 0) is 0 Å². The summed E-state index contributed by atoms with van der Waals surface area (Å²) in [6.07, 6.45) is 1.37. The lowest BCUT2D eigenvalue weighted by molar-refractivity contribution is 0.355. The van der Waals surface area contributed by atoms with Gasteiger partial charge in [-0.1, -0.05) is 6.07 Å². The molecule has 0 radical (unpaired) electrons. The first-order valence-electron chi connectivity index (χ1n) is 7.50. The van der Waals surface area contributed by atoms with Crippen molar-refractivity contribution in [3.63, 3.8) is 0 Å². The highest BCUT2D eigenvalue weighted by Crippen LogP contribution is 2.31. The van der Waals surface area contributed by atoms with Gasteiger partial charge < -0.3 is 20.1 Å². The van der Waals surface area contributed by atoms with E-state index in [0.717, 1.165) is 12.1 Å². The number of nitrogens with zero attached hydrogens (tertiary/aromatic N) is 3. The Bertz CT molecular complexity index is 903. The molecule has 0 bridgehead atoms. The number of anilines is 4. The molecule has 2 aromatic carbocycles. The lowest BCUT2D eigenvalue weighted by atomic mass is 10.2. The summed E-state index contributed by atoms with van der Waals surface area (Å²) in [5.74, 6) is -0.132. The van der Waals surface area contributed by atoms with Crippen LogP contribution in [0.15, 0.2) is 42.6 Å². The minimum atomic E-state index is -0.758. The minimum absolute atomic E-state index is 0.0560. The number of ether oxygens (including phenoxy) is 2. The molecule has 9 heteroatoms. The zero-order chi connectivity index (χ0) is 18.5. The summed E-state index contributed by atoms with van der Waals surface area (Å²) in [5, 5.41) is 13.0. The predicted octanol–water partition coefficient (Wildman–Crippen LogP) is 3.65. The first-order valence-corrected chi connectivity index (χ1v) is 7.50. The second kappa shape index (κ2) is 7.60. The Labute approximate surface area is 148 Å². The third-order valence-electron chi connectivity index (χ3n) is 3.41. The zero-order valence-electron chi connectivity index (χ0n) is 14.0. The smallest absolute Gasteiger partial charge is 0.249 e. The largest absolute Gasteiger partial charge is 0.493 e. The molecule has 7 nitrogen and oxygen atoms in total. The van der Waals surface area contributed by atoms with Gasteiger partial charge in [0.05, 0.1) is 20.4 Å². The van der Waals surface area contributed by atoms with Gasteiger partial charge in [0.2, 0.25) is 5.95 Å². The van der Waals surface area contributed by atoms with Crippen molar-refractivity contribution < 1.29 is 18.3 Å². The summed E-state index contributed by atoms with van der Waals surface area (Å²) in [6, 6.07) is 8.72. The van der Waals surface area contributed by atoms with Crippen LogP contribution in [0, 0.1) is 11.6 Å². The van der Waals surface area contributed by atoms with E-state index in [9.17, 15) is 8.78 Å². The number of nitrogens with one attached hydrogen (secondary N) is 2. The molecule has 0 saturated carbocycles. The average Bonchev–Trinajstić information content (AvgIpc) is 2.65. The molecule has 0 atom stereocenters. The number of hydrogen-bond acceptors (Lipinski definition) is 7. The first kappa shape index (κ1) is 17.3. The van der Waals surface area contributed by atoms with Gasteiger partial charge in [-0.2, -0.15) is 10.1 Å². The third-order valence-corrected chi connectivity index (χ3v) is 3.41. The Hall–Kier alpha value is -3.49. The summed E-state index contributed by atoms with van der Waals surface area (Å²) in [7, 11) is 3.07. The molecule has 1 heterocycles. The highest BCUT2D eigenvalue weighted by Gasteiger charge is 2.11. The Morgan fingerprint density at radius 2 is 1.65 bits per heavy atom. The summed E-state index contributed by atoms with van der Waals surface area (Å²) in [6.45, 7) is 0. The molecule has 0 spiro atoms. The molecule has 26 heavy (non-hydrogen) atoms. The molecule has 3 aromatic rings. The number of hydrogen-bond donors (Lipinski definition) is 2. The second-order valence-electron chi connectivity index (χ2n) is 5.08. The van der Waals surface area contributed by atoms with E-state index >= 15 is 0 Å². The van der Waals surface area contributed by atoms with Gasteiger partial charge in [0.15, 0.2) is 17.3 Å². The van der Waals surface area contributed by atoms with Crippen molar-refractivity contribution in [2.45, 2.75) is 0 Å². The van der Waals surface area contributed by atoms with Crippen molar-refractivity contribution in [1.29, 1.82) is 0 Å². The fraction of sp³-hybridized carbons (Fsp3) is 0.118. The van der Waals surface area contributed by atoms with Crippen LogP contribution in [0.25, 0.3) is 0 Å². The molecule has 0 fully saturated rings. The van der Waals surface area contributed by atoms with E-state index in [0.29, 0.717) is 23.0 Å². The lowest BCUT2D eigenvalue weighted by Crippen LogP contribution is -2.05. The van der Waals surface area contributed by atoms with Gasteiger partial charge in [0.25, 0.3) is 0 Å². The predicted molar refractivity (Wildman–Crippen MR) is 92.3 cm³/mol. The molecule has 0 saturated heterocycles. The fourth-order valence-electron chi connectivity index (χ4n) is 2.21. The maximum absolute atomic E-state index is 13.7. The number of halogens is 2.